The number of esters is 1. The van der Waals surface area contributed by atoms with Crippen molar-refractivity contribution in [3.63, 3.8) is 0 Å². The number of aryl methyl sites for hydroxylation is 2. The van der Waals surface area contributed by atoms with Crippen molar-refractivity contribution in [1.29, 1.82) is 0 Å². The van der Waals surface area contributed by atoms with Crippen LogP contribution in [0.3, 0.4) is 0 Å². The fourth-order valence-electron chi connectivity index (χ4n) is 2.34. The van der Waals surface area contributed by atoms with Gasteiger partial charge in [-0.15, -0.1) is 0 Å². The minimum Gasteiger partial charge on any atom is -0.466 e. The van der Waals surface area contributed by atoms with E-state index in [1.54, 1.807) is 12.1 Å². The van der Waals surface area contributed by atoms with Crippen LogP contribution in [0.1, 0.15) is 40.4 Å². The summed E-state index contributed by atoms with van der Waals surface area (Å²) in [6, 6.07) is 7.28. The lowest BCUT2D eigenvalue weighted by Crippen LogP contribution is -2.10. The van der Waals surface area contributed by atoms with Crippen molar-refractivity contribution in [3.8, 4) is 0 Å². The van der Waals surface area contributed by atoms with Crippen molar-refractivity contribution in [2.24, 2.45) is 0 Å². The highest BCUT2D eigenvalue weighted by Crippen LogP contribution is 2.26. The molecule has 3 N–H and O–H groups in total. The number of hydrogen-bond acceptors (Lipinski definition) is 5. The number of carbonyl (C=O) groups is 1. The molecule has 0 saturated heterocycles. The van der Waals surface area contributed by atoms with Gasteiger partial charge in [0.2, 0.25) is 0 Å². The third kappa shape index (κ3) is 3.18. The van der Waals surface area contributed by atoms with E-state index in [9.17, 15) is 4.79 Å². The van der Waals surface area contributed by atoms with Crippen LogP contribution in [0, 0.1) is 13.8 Å². The van der Waals surface area contributed by atoms with Crippen LogP contribution in [0.15, 0.2) is 28.7 Å². The molecule has 2 aromatic rings. The van der Waals surface area contributed by atoms with Crippen LogP contribution in [0.4, 0.5) is 11.4 Å². The van der Waals surface area contributed by atoms with Crippen LogP contribution in [0.2, 0.25) is 0 Å². The maximum Gasteiger partial charge on any atom is 0.340 e. The summed E-state index contributed by atoms with van der Waals surface area (Å²) < 4.78 is 10.3. The molecule has 5 heteroatoms. The Morgan fingerprint density at radius 3 is 2.62 bits per heavy atom. The Morgan fingerprint density at radius 2 is 2.05 bits per heavy atom. The summed E-state index contributed by atoms with van der Waals surface area (Å²) in [6.45, 7) is 5.89. The Bertz CT molecular complexity index is 662. The summed E-state index contributed by atoms with van der Waals surface area (Å²) in [4.78, 5) is 11.7. The van der Waals surface area contributed by atoms with Gasteiger partial charge in [-0.2, -0.15) is 0 Å². The minimum atomic E-state index is -0.445. The Kier molecular flexibility index (Phi) is 4.21. The Labute approximate surface area is 124 Å². The zero-order valence-corrected chi connectivity index (χ0v) is 12.7. The average molecular weight is 288 g/mol. The van der Waals surface area contributed by atoms with Gasteiger partial charge in [-0.05, 0) is 45.0 Å². The SMILES string of the molecule is COC(=O)c1cc(NC(C)c2cc(C)oc2C)ccc1N. The molecule has 21 heavy (non-hydrogen) atoms. The van der Waals surface area contributed by atoms with Crippen LogP contribution in [0.5, 0.6) is 0 Å². The molecule has 0 aliphatic heterocycles. The third-order valence-corrected chi connectivity index (χ3v) is 3.39. The van der Waals surface area contributed by atoms with E-state index < -0.39 is 5.97 Å². The standard InChI is InChI=1S/C16H20N2O3/c1-9-7-13(11(3)21-9)10(2)18-12-5-6-15(17)14(8-12)16(19)20-4/h5-8,10,18H,17H2,1-4H3. The van der Waals surface area contributed by atoms with Crippen molar-refractivity contribution in [2.45, 2.75) is 26.8 Å². The second-order valence-corrected chi connectivity index (χ2v) is 5.03. The molecule has 1 aromatic heterocycles. The van der Waals surface area contributed by atoms with E-state index in [0.717, 1.165) is 22.8 Å². The van der Waals surface area contributed by atoms with Gasteiger partial charge in [-0.1, -0.05) is 0 Å². The number of hydrogen-bond donors (Lipinski definition) is 2. The number of methoxy groups -OCH3 is 1. The second-order valence-electron chi connectivity index (χ2n) is 5.03. The van der Waals surface area contributed by atoms with Crippen molar-refractivity contribution < 1.29 is 13.9 Å². The van der Waals surface area contributed by atoms with Gasteiger partial charge in [0.05, 0.1) is 18.7 Å². The molecule has 0 aliphatic rings. The maximum atomic E-state index is 11.7. The summed E-state index contributed by atoms with van der Waals surface area (Å²) in [6.07, 6.45) is 0. The number of nitrogens with one attached hydrogen (secondary N) is 1. The normalized spacial score (nSPS) is 12.0. The molecular weight excluding hydrogens is 268 g/mol. The lowest BCUT2D eigenvalue weighted by atomic mass is 10.1. The van der Waals surface area contributed by atoms with E-state index in [2.05, 4.69) is 5.32 Å². The molecule has 1 heterocycles. The number of rotatable bonds is 4. The van der Waals surface area contributed by atoms with Crippen LogP contribution >= 0.6 is 0 Å². The van der Waals surface area contributed by atoms with Gasteiger partial charge in [0.15, 0.2) is 0 Å². The molecule has 0 saturated carbocycles. The Hall–Kier alpha value is -2.43. The minimum absolute atomic E-state index is 0.0524. The first kappa shape index (κ1) is 15.0. The number of carbonyl (C=O) groups excluding carboxylic acids is 1. The van der Waals surface area contributed by atoms with Crippen LogP contribution in [-0.2, 0) is 4.74 Å². The summed E-state index contributed by atoms with van der Waals surface area (Å²) in [5.41, 5.74) is 8.43. The molecule has 1 unspecified atom stereocenters. The summed E-state index contributed by atoms with van der Waals surface area (Å²) >= 11 is 0. The highest BCUT2D eigenvalue weighted by atomic mass is 16.5. The highest BCUT2D eigenvalue weighted by molar-refractivity contribution is 5.96. The van der Waals surface area contributed by atoms with E-state index in [1.165, 1.54) is 7.11 Å². The highest BCUT2D eigenvalue weighted by Gasteiger charge is 2.15. The summed E-state index contributed by atoms with van der Waals surface area (Å²) in [5.74, 6) is 1.32. The molecule has 0 radical (unpaired) electrons. The molecular formula is C16H20N2O3. The van der Waals surface area contributed by atoms with Crippen molar-refractivity contribution in [1.82, 2.24) is 0 Å². The van der Waals surface area contributed by atoms with Gasteiger partial charge in [0.25, 0.3) is 0 Å². The van der Waals surface area contributed by atoms with E-state index in [0.29, 0.717) is 11.3 Å². The van der Waals surface area contributed by atoms with E-state index in [4.69, 9.17) is 14.9 Å². The van der Waals surface area contributed by atoms with E-state index in [1.807, 2.05) is 32.9 Å². The number of ether oxygens (including phenoxy) is 1. The summed E-state index contributed by atoms with van der Waals surface area (Å²) in [5, 5.41) is 3.34. The second kappa shape index (κ2) is 5.91. The molecule has 0 spiro atoms. The van der Waals surface area contributed by atoms with Gasteiger partial charge < -0.3 is 20.2 Å². The van der Waals surface area contributed by atoms with Crippen molar-refractivity contribution in [3.05, 3.63) is 46.9 Å². The van der Waals surface area contributed by atoms with E-state index in [-0.39, 0.29) is 6.04 Å². The third-order valence-electron chi connectivity index (χ3n) is 3.39. The first-order valence-electron chi connectivity index (χ1n) is 6.73. The van der Waals surface area contributed by atoms with Gasteiger partial charge in [0.1, 0.15) is 11.5 Å². The van der Waals surface area contributed by atoms with Crippen molar-refractivity contribution >= 4 is 17.3 Å². The molecule has 0 aliphatic carbocycles. The topological polar surface area (TPSA) is 77.5 Å². The molecule has 0 amide bonds. The lowest BCUT2D eigenvalue weighted by Gasteiger charge is -2.16. The smallest absolute Gasteiger partial charge is 0.340 e. The average Bonchev–Trinajstić information content (AvgIpc) is 2.79. The van der Waals surface area contributed by atoms with Crippen molar-refractivity contribution in [2.75, 3.05) is 18.2 Å². The monoisotopic (exact) mass is 288 g/mol. The fourth-order valence-corrected chi connectivity index (χ4v) is 2.34. The van der Waals surface area contributed by atoms with Gasteiger partial charge in [0, 0.05) is 16.9 Å². The predicted octanol–water partition coefficient (Wildman–Crippen LogP) is 3.44. The molecule has 0 fully saturated rings. The summed E-state index contributed by atoms with van der Waals surface area (Å²) in [7, 11) is 1.34. The maximum absolute atomic E-state index is 11.7. The van der Waals surface area contributed by atoms with Gasteiger partial charge in [-0.3, -0.25) is 0 Å². The first-order valence-corrected chi connectivity index (χ1v) is 6.73. The molecule has 5 nitrogen and oxygen atoms in total. The molecule has 2 rings (SSSR count). The van der Waals surface area contributed by atoms with Gasteiger partial charge in [-0.25, -0.2) is 4.79 Å². The number of nitrogen functional groups attached to an aromatic ring is 1. The first-order chi connectivity index (χ1) is 9.92. The van der Waals surface area contributed by atoms with E-state index >= 15 is 0 Å². The fraction of sp³-hybridized carbons (Fsp3) is 0.312. The zero-order chi connectivity index (χ0) is 15.6. The Balaban J connectivity index is 2.23. The predicted molar refractivity (Wildman–Crippen MR) is 82.4 cm³/mol. The van der Waals surface area contributed by atoms with Crippen LogP contribution in [-0.4, -0.2) is 13.1 Å². The number of furan rings is 1. The molecule has 112 valence electrons. The Morgan fingerprint density at radius 1 is 1.33 bits per heavy atom. The molecule has 0 bridgehead atoms. The quantitative estimate of drug-likeness (QED) is 0.665. The van der Waals surface area contributed by atoms with Crippen LogP contribution in [0.25, 0.3) is 0 Å². The number of anilines is 2. The lowest BCUT2D eigenvalue weighted by molar-refractivity contribution is 0.0602. The molecule has 1 atom stereocenters. The number of benzene rings is 1. The molecule has 1 aromatic carbocycles. The van der Waals surface area contributed by atoms with Crippen LogP contribution < -0.4 is 11.1 Å². The zero-order valence-electron chi connectivity index (χ0n) is 12.7. The largest absolute Gasteiger partial charge is 0.466 e. The van der Waals surface area contributed by atoms with Gasteiger partial charge >= 0.3 is 5.97 Å². The number of nitrogens with two attached hydrogens (primary N) is 1.